The number of carboxylic acids is 1. The highest BCUT2D eigenvalue weighted by molar-refractivity contribution is 9.11. The predicted molar refractivity (Wildman–Crippen MR) is 79.7 cm³/mol. The summed E-state index contributed by atoms with van der Waals surface area (Å²) < 4.78 is 6.69. The molecule has 2 unspecified atom stereocenters. The zero-order valence-corrected chi connectivity index (χ0v) is 13.8. The number of halogens is 2. The van der Waals surface area contributed by atoms with E-state index in [1.54, 1.807) is 25.1 Å². The quantitative estimate of drug-likeness (QED) is 0.808. The van der Waals surface area contributed by atoms with Crippen molar-refractivity contribution < 1.29 is 19.4 Å². The number of rotatable bonds is 3. The molecule has 1 aromatic rings. The van der Waals surface area contributed by atoms with Crippen LogP contribution >= 0.6 is 31.9 Å². The molecule has 1 aliphatic heterocycles. The Morgan fingerprint density at radius 1 is 1.45 bits per heavy atom. The molecule has 2 N–H and O–H groups in total. The number of carbonyl (C=O) groups is 2. The maximum Gasteiger partial charge on any atom is 0.313 e. The van der Waals surface area contributed by atoms with Crippen molar-refractivity contribution >= 4 is 43.7 Å². The number of hydrogen-bond acceptors (Lipinski definition) is 3. The van der Waals surface area contributed by atoms with E-state index in [0.717, 1.165) is 4.47 Å². The van der Waals surface area contributed by atoms with E-state index in [0.29, 0.717) is 10.0 Å². The van der Waals surface area contributed by atoms with Crippen LogP contribution in [0.2, 0.25) is 0 Å². The summed E-state index contributed by atoms with van der Waals surface area (Å²) in [5.41, 5.74) is -0.648. The molecule has 108 valence electrons. The van der Waals surface area contributed by atoms with Crippen LogP contribution in [-0.2, 0) is 9.53 Å². The Hall–Kier alpha value is -0.920. The first kappa shape index (κ1) is 15.5. The second-order valence-corrected chi connectivity index (χ2v) is 6.66. The fraction of sp³-hybridized carbons (Fsp3) is 0.385. The molecule has 0 radical (unpaired) electrons. The highest BCUT2D eigenvalue weighted by Crippen LogP contribution is 2.29. The molecule has 0 bridgehead atoms. The average molecular weight is 407 g/mol. The van der Waals surface area contributed by atoms with Crippen molar-refractivity contribution in [2.45, 2.75) is 13.0 Å². The smallest absolute Gasteiger partial charge is 0.313 e. The van der Waals surface area contributed by atoms with Crippen molar-refractivity contribution in [3.63, 3.8) is 0 Å². The van der Waals surface area contributed by atoms with E-state index in [-0.39, 0.29) is 19.1 Å². The lowest BCUT2D eigenvalue weighted by Crippen LogP contribution is -2.49. The van der Waals surface area contributed by atoms with Gasteiger partial charge in [0.1, 0.15) is 5.41 Å². The molecular weight excluding hydrogens is 394 g/mol. The number of aliphatic carboxylic acids is 1. The van der Waals surface area contributed by atoms with Gasteiger partial charge < -0.3 is 15.2 Å². The van der Waals surface area contributed by atoms with Crippen molar-refractivity contribution in [3.05, 3.63) is 32.7 Å². The Morgan fingerprint density at radius 2 is 2.15 bits per heavy atom. The van der Waals surface area contributed by atoms with E-state index in [2.05, 4.69) is 37.2 Å². The van der Waals surface area contributed by atoms with Gasteiger partial charge in [0, 0.05) is 8.95 Å². The van der Waals surface area contributed by atoms with Crippen LogP contribution in [-0.4, -0.2) is 36.2 Å². The van der Waals surface area contributed by atoms with Gasteiger partial charge in [0.25, 0.3) is 5.91 Å². The number of carboxylic acid groups (broad SMARTS) is 1. The van der Waals surface area contributed by atoms with E-state index < -0.39 is 17.4 Å². The van der Waals surface area contributed by atoms with Crippen molar-refractivity contribution in [1.82, 2.24) is 5.32 Å². The van der Waals surface area contributed by atoms with E-state index in [1.165, 1.54) is 0 Å². The van der Waals surface area contributed by atoms with E-state index in [1.807, 2.05) is 0 Å². The SMILES string of the molecule is CC1(C(=O)O)COCC1NC(=O)c1ccc(Br)cc1Br. The van der Waals surface area contributed by atoms with Crippen LogP contribution in [0.3, 0.4) is 0 Å². The molecular formula is C13H13Br2NO4. The van der Waals surface area contributed by atoms with Crippen LogP contribution in [0, 0.1) is 5.41 Å². The summed E-state index contributed by atoms with van der Waals surface area (Å²) in [7, 11) is 0. The first-order valence-electron chi connectivity index (χ1n) is 5.91. The summed E-state index contributed by atoms with van der Waals surface area (Å²) in [4.78, 5) is 23.6. The first-order valence-corrected chi connectivity index (χ1v) is 7.50. The number of hydrogen-bond donors (Lipinski definition) is 2. The molecule has 1 saturated heterocycles. The van der Waals surface area contributed by atoms with Gasteiger partial charge in [-0.05, 0) is 41.1 Å². The molecule has 1 aliphatic rings. The molecule has 1 amide bonds. The summed E-state index contributed by atoms with van der Waals surface area (Å²) in [6, 6.07) is 4.62. The van der Waals surface area contributed by atoms with Gasteiger partial charge in [-0.25, -0.2) is 0 Å². The summed E-state index contributed by atoms with van der Waals surface area (Å²) in [5, 5.41) is 12.0. The zero-order chi connectivity index (χ0) is 14.9. The lowest BCUT2D eigenvalue weighted by atomic mass is 9.85. The molecule has 1 aromatic carbocycles. The summed E-state index contributed by atoms with van der Waals surface area (Å²) >= 11 is 6.63. The number of carbonyl (C=O) groups excluding carboxylic acids is 1. The van der Waals surface area contributed by atoms with Crippen molar-refractivity contribution in [2.24, 2.45) is 5.41 Å². The van der Waals surface area contributed by atoms with Crippen molar-refractivity contribution in [3.8, 4) is 0 Å². The molecule has 2 rings (SSSR count). The van der Waals surface area contributed by atoms with Gasteiger partial charge >= 0.3 is 5.97 Å². The Kier molecular flexibility index (Phi) is 4.51. The first-order chi connectivity index (χ1) is 9.34. The van der Waals surface area contributed by atoms with Crippen LogP contribution in [0.1, 0.15) is 17.3 Å². The van der Waals surface area contributed by atoms with Crippen LogP contribution in [0.5, 0.6) is 0 Å². The largest absolute Gasteiger partial charge is 0.481 e. The lowest BCUT2D eigenvalue weighted by Gasteiger charge is -2.25. The van der Waals surface area contributed by atoms with Crippen molar-refractivity contribution in [1.29, 1.82) is 0 Å². The normalized spacial score (nSPS) is 25.4. The standard InChI is InChI=1S/C13H13Br2NO4/c1-13(12(18)19)6-20-5-10(13)16-11(17)8-3-2-7(14)4-9(8)15/h2-4,10H,5-6H2,1H3,(H,16,17)(H,18,19). The van der Waals surface area contributed by atoms with E-state index in [9.17, 15) is 14.7 Å². The minimum Gasteiger partial charge on any atom is -0.481 e. The van der Waals surface area contributed by atoms with Crippen LogP contribution < -0.4 is 5.32 Å². The monoisotopic (exact) mass is 405 g/mol. The zero-order valence-electron chi connectivity index (χ0n) is 10.7. The Bertz CT molecular complexity index is 563. The summed E-state index contributed by atoms with van der Waals surface area (Å²) in [5.74, 6) is -1.30. The maximum absolute atomic E-state index is 12.2. The molecule has 2 atom stereocenters. The second kappa shape index (κ2) is 5.83. The third kappa shape index (κ3) is 2.89. The lowest BCUT2D eigenvalue weighted by molar-refractivity contribution is -0.148. The van der Waals surface area contributed by atoms with Crippen LogP contribution in [0.15, 0.2) is 27.1 Å². The molecule has 1 heterocycles. The fourth-order valence-corrected chi connectivity index (χ4v) is 3.22. The minimum atomic E-state index is -1.10. The molecule has 0 spiro atoms. The number of nitrogens with one attached hydrogen (secondary N) is 1. The number of amides is 1. The molecule has 0 aliphatic carbocycles. The average Bonchev–Trinajstić information content (AvgIpc) is 2.72. The minimum absolute atomic E-state index is 0.0921. The van der Waals surface area contributed by atoms with Crippen LogP contribution in [0.4, 0.5) is 0 Å². The third-order valence-corrected chi connectivity index (χ3v) is 4.57. The van der Waals surface area contributed by atoms with Crippen molar-refractivity contribution in [2.75, 3.05) is 13.2 Å². The van der Waals surface area contributed by atoms with Gasteiger partial charge in [-0.2, -0.15) is 0 Å². The highest BCUT2D eigenvalue weighted by Gasteiger charge is 2.47. The Morgan fingerprint density at radius 3 is 2.75 bits per heavy atom. The van der Waals surface area contributed by atoms with Gasteiger partial charge in [0.15, 0.2) is 0 Å². The molecule has 5 nitrogen and oxygen atoms in total. The number of ether oxygens (including phenoxy) is 1. The molecule has 0 saturated carbocycles. The van der Waals surface area contributed by atoms with E-state index >= 15 is 0 Å². The Labute approximate surface area is 132 Å². The fourth-order valence-electron chi connectivity index (χ4n) is 1.99. The second-order valence-electron chi connectivity index (χ2n) is 4.89. The van der Waals surface area contributed by atoms with Gasteiger partial charge in [0.2, 0.25) is 0 Å². The molecule has 20 heavy (non-hydrogen) atoms. The predicted octanol–water partition coefficient (Wildman–Crippen LogP) is 2.43. The highest BCUT2D eigenvalue weighted by atomic mass is 79.9. The van der Waals surface area contributed by atoms with E-state index in [4.69, 9.17) is 4.74 Å². The number of benzene rings is 1. The molecule has 7 heteroatoms. The topological polar surface area (TPSA) is 75.6 Å². The Balaban J connectivity index is 2.17. The summed E-state index contributed by atoms with van der Waals surface area (Å²) in [6.07, 6.45) is 0. The van der Waals surface area contributed by atoms with Gasteiger partial charge in [0.05, 0.1) is 24.8 Å². The van der Waals surface area contributed by atoms with Gasteiger partial charge in [-0.1, -0.05) is 15.9 Å². The molecule has 1 fully saturated rings. The third-order valence-electron chi connectivity index (χ3n) is 3.43. The molecule has 0 aromatic heterocycles. The summed E-state index contributed by atoms with van der Waals surface area (Å²) in [6.45, 7) is 1.86. The maximum atomic E-state index is 12.2. The van der Waals surface area contributed by atoms with Crippen LogP contribution in [0.25, 0.3) is 0 Å². The van der Waals surface area contributed by atoms with Gasteiger partial charge in [-0.15, -0.1) is 0 Å². The van der Waals surface area contributed by atoms with Gasteiger partial charge in [-0.3, -0.25) is 9.59 Å².